The molecule has 6 heteroatoms. The highest BCUT2D eigenvalue weighted by Crippen LogP contribution is 2.27. The van der Waals surface area contributed by atoms with Crippen LogP contribution in [0.25, 0.3) is 5.57 Å². The maximum absolute atomic E-state index is 11.8. The largest absolute Gasteiger partial charge is 0.466 e. The molecule has 0 aliphatic rings. The summed E-state index contributed by atoms with van der Waals surface area (Å²) in [6, 6.07) is 5.35. The SMILES string of the molecule is COC(=O)C=CC=C(C(=O)OC)c1ccc(Br)c(Br)c1. The zero-order valence-corrected chi connectivity index (χ0v) is 14.0. The van der Waals surface area contributed by atoms with Gasteiger partial charge in [0.05, 0.1) is 19.8 Å². The molecule has 1 aromatic carbocycles. The van der Waals surface area contributed by atoms with Gasteiger partial charge in [0.25, 0.3) is 0 Å². The van der Waals surface area contributed by atoms with E-state index in [0.29, 0.717) is 11.1 Å². The molecule has 0 bridgehead atoms. The lowest BCUT2D eigenvalue weighted by molar-refractivity contribution is -0.135. The van der Waals surface area contributed by atoms with E-state index in [4.69, 9.17) is 4.74 Å². The van der Waals surface area contributed by atoms with Crippen LogP contribution in [0.5, 0.6) is 0 Å². The molecular formula is C14H12Br2O4. The van der Waals surface area contributed by atoms with Crippen LogP contribution in [0.3, 0.4) is 0 Å². The Labute approximate surface area is 133 Å². The van der Waals surface area contributed by atoms with E-state index >= 15 is 0 Å². The van der Waals surface area contributed by atoms with Crippen LogP contribution in [0.15, 0.2) is 45.4 Å². The summed E-state index contributed by atoms with van der Waals surface area (Å²) in [6.07, 6.45) is 4.16. The first-order valence-corrected chi connectivity index (χ1v) is 7.08. The molecule has 0 atom stereocenters. The number of allylic oxidation sites excluding steroid dienone is 2. The van der Waals surface area contributed by atoms with Crippen molar-refractivity contribution in [1.29, 1.82) is 0 Å². The predicted octanol–water partition coefficient (Wildman–Crippen LogP) is 3.50. The van der Waals surface area contributed by atoms with Crippen LogP contribution < -0.4 is 0 Å². The quantitative estimate of drug-likeness (QED) is 0.438. The molecule has 106 valence electrons. The first-order valence-electron chi connectivity index (χ1n) is 5.49. The summed E-state index contributed by atoms with van der Waals surface area (Å²) in [5, 5.41) is 0. The van der Waals surface area contributed by atoms with Crippen molar-refractivity contribution < 1.29 is 19.1 Å². The minimum Gasteiger partial charge on any atom is -0.466 e. The number of ether oxygens (including phenoxy) is 2. The normalized spacial score (nSPS) is 11.5. The summed E-state index contributed by atoms with van der Waals surface area (Å²) >= 11 is 6.73. The van der Waals surface area contributed by atoms with Gasteiger partial charge in [-0.3, -0.25) is 0 Å². The first kappa shape index (κ1) is 16.7. The predicted molar refractivity (Wildman–Crippen MR) is 83.0 cm³/mol. The second kappa shape index (κ2) is 8.01. The fourth-order valence-electron chi connectivity index (χ4n) is 1.35. The molecule has 0 aliphatic carbocycles. The molecule has 0 fully saturated rings. The Hall–Kier alpha value is -1.40. The van der Waals surface area contributed by atoms with Gasteiger partial charge in [-0.25, -0.2) is 9.59 Å². The Balaban J connectivity index is 3.15. The van der Waals surface area contributed by atoms with E-state index in [2.05, 4.69) is 36.6 Å². The zero-order valence-electron chi connectivity index (χ0n) is 10.9. The number of benzene rings is 1. The molecule has 0 N–H and O–H groups in total. The lowest BCUT2D eigenvalue weighted by Gasteiger charge is -2.06. The lowest BCUT2D eigenvalue weighted by Crippen LogP contribution is -2.04. The summed E-state index contributed by atoms with van der Waals surface area (Å²) < 4.78 is 10.9. The fourth-order valence-corrected chi connectivity index (χ4v) is 1.97. The zero-order chi connectivity index (χ0) is 15.1. The van der Waals surface area contributed by atoms with Crippen LogP contribution >= 0.6 is 31.9 Å². The average Bonchev–Trinajstić information content (AvgIpc) is 2.45. The number of carbonyl (C=O) groups excluding carboxylic acids is 2. The van der Waals surface area contributed by atoms with Gasteiger partial charge in [0.2, 0.25) is 0 Å². The van der Waals surface area contributed by atoms with Crippen molar-refractivity contribution in [2.24, 2.45) is 0 Å². The molecule has 4 nitrogen and oxygen atoms in total. The van der Waals surface area contributed by atoms with Crippen LogP contribution in [0.1, 0.15) is 5.56 Å². The van der Waals surface area contributed by atoms with Crippen molar-refractivity contribution in [3.05, 3.63) is 50.9 Å². The molecule has 0 aromatic heterocycles. The Bertz CT molecular complexity index is 577. The van der Waals surface area contributed by atoms with Crippen LogP contribution in [0.4, 0.5) is 0 Å². The van der Waals surface area contributed by atoms with Gasteiger partial charge in [0, 0.05) is 15.0 Å². The summed E-state index contributed by atoms with van der Waals surface area (Å²) in [5.74, 6) is -0.990. The minimum absolute atomic E-state index is 0.334. The highest BCUT2D eigenvalue weighted by molar-refractivity contribution is 9.13. The third-order valence-corrected chi connectivity index (χ3v) is 4.21. The lowest BCUT2D eigenvalue weighted by atomic mass is 10.1. The Morgan fingerprint density at radius 2 is 1.80 bits per heavy atom. The van der Waals surface area contributed by atoms with Crippen molar-refractivity contribution in [3.63, 3.8) is 0 Å². The Kier molecular flexibility index (Phi) is 6.67. The number of hydrogen-bond donors (Lipinski definition) is 0. The van der Waals surface area contributed by atoms with E-state index < -0.39 is 11.9 Å². The molecule has 0 amide bonds. The second-order valence-corrected chi connectivity index (χ2v) is 5.29. The number of halogens is 2. The molecule has 0 saturated carbocycles. The minimum atomic E-state index is -0.498. The first-order chi connectivity index (χ1) is 9.49. The van der Waals surface area contributed by atoms with E-state index in [9.17, 15) is 9.59 Å². The smallest absolute Gasteiger partial charge is 0.338 e. The van der Waals surface area contributed by atoms with E-state index in [0.717, 1.165) is 8.95 Å². The van der Waals surface area contributed by atoms with Gasteiger partial charge in [-0.15, -0.1) is 0 Å². The number of rotatable bonds is 4. The molecular weight excluding hydrogens is 392 g/mol. The van der Waals surface area contributed by atoms with Crippen LogP contribution in [0.2, 0.25) is 0 Å². The highest BCUT2D eigenvalue weighted by Gasteiger charge is 2.12. The fraction of sp³-hybridized carbons (Fsp3) is 0.143. The van der Waals surface area contributed by atoms with Crippen molar-refractivity contribution in [1.82, 2.24) is 0 Å². The van der Waals surface area contributed by atoms with Gasteiger partial charge in [-0.2, -0.15) is 0 Å². The molecule has 0 spiro atoms. The summed E-state index contributed by atoms with van der Waals surface area (Å²) in [4.78, 5) is 22.8. The number of carbonyl (C=O) groups is 2. The van der Waals surface area contributed by atoms with Crippen LogP contribution in [-0.4, -0.2) is 26.2 Å². The highest BCUT2D eigenvalue weighted by atomic mass is 79.9. The van der Waals surface area contributed by atoms with Crippen molar-refractivity contribution in [2.45, 2.75) is 0 Å². The van der Waals surface area contributed by atoms with Gasteiger partial charge >= 0.3 is 11.9 Å². The molecule has 0 saturated heterocycles. The standard InChI is InChI=1S/C14H12Br2O4/c1-19-13(17)5-3-4-10(14(18)20-2)9-6-7-11(15)12(16)8-9/h3-8H,1-2H3. The van der Waals surface area contributed by atoms with Crippen molar-refractivity contribution in [2.75, 3.05) is 14.2 Å². The molecule has 0 heterocycles. The third kappa shape index (κ3) is 4.61. The molecule has 0 aliphatic heterocycles. The van der Waals surface area contributed by atoms with Crippen LogP contribution in [0, 0.1) is 0 Å². The Morgan fingerprint density at radius 3 is 2.35 bits per heavy atom. The van der Waals surface area contributed by atoms with Gasteiger partial charge in [-0.1, -0.05) is 12.1 Å². The monoisotopic (exact) mass is 402 g/mol. The topological polar surface area (TPSA) is 52.6 Å². The molecule has 1 rings (SSSR count). The summed E-state index contributed by atoms with van der Waals surface area (Å²) in [5.41, 5.74) is 1.00. The molecule has 0 radical (unpaired) electrons. The van der Waals surface area contributed by atoms with Gasteiger partial charge in [0.15, 0.2) is 0 Å². The summed E-state index contributed by atoms with van der Waals surface area (Å²) in [6.45, 7) is 0. The second-order valence-electron chi connectivity index (χ2n) is 3.58. The summed E-state index contributed by atoms with van der Waals surface area (Å²) in [7, 11) is 2.58. The molecule has 0 unspecified atom stereocenters. The number of methoxy groups -OCH3 is 2. The number of esters is 2. The van der Waals surface area contributed by atoms with E-state index in [1.165, 1.54) is 32.4 Å². The van der Waals surface area contributed by atoms with E-state index in [-0.39, 0.29) is 0 Å². The maximum Gasteiger partial charge on any atom is 0.338 e. The average molecular weight is 404 g/mol. The van der Waals surface area contributed by atoms with Crippen molar-refractivity contribution in [3.8, 4) is 0 Å². The van der Waals surface area contributed by atoms with Crippen LogP contribution in [-0.2, 0) is 19.1 Å². The molecule has 1 aromatic rings. The van der Waals surface area contributed by atoms with Gasteiger partial charge in [0.1, 0.15) is 0 Å². The maximum atomic E-state index is 11.8. The number of hydrogen-bond acceptors (Lipinski definition) is 4. The van der Waals surface area contributed by atoms with Crippen molar-refractivity contribution >= 4 is 49.4 Å². The van der Waals surface area contributed by atoms with Gasteiger partial charge in [-0.05, 0) is 55.6 Å². The molecule has 20 heavy (non-hydrogen) atoms. The van der Waals surface area contributed by atoms with E-state index in [1.807, 2.05) is 0 Å². The third-order valence-electron chi connectivity index (χ3n) is 2.33. The van der Waals surface area contributed by atoms with E-state index in [1.54, 1.807) is 18.2 Å². The van der Waals surface area contributed by atoms with Gasteiger partial charge < -0.3 is 9.47 Å². The Morgan fingerprint density at radius 1 is 1.10 bits per heavy atom.